The molecule has 1 aliphatic rings. The van der Waals surface area contributed by atoms with Crippen molar-refractivity contribution >= 4 is 68.4 Å². The van der Waals surface area contributed by atoms with Crippen LogP contribution in [-0.4, -0.2) is 51.7 Å². The highest BCUT2D eigenvalue weighted by atomic mass is 127. The van der Waals surface area contributed by atoms with Gasteiger partial charge in [0.05, 0.1) is 42.6 Å². The molecule has 3 heterocycles. The summed E-state index contributed by atoms with van der Waals surface area (Å²) >= 11 is 2.24. The van der Waals surface area contributed by atoms with Crippen LogP contribution in [0.5, 0.6) is 0 Å². The second-order valence-corrected chi connectivity index (χ2v) is 9.98. The number of nitrogens with one attached hydrogen (secondary N) is 2. The molecule has 5 rings (SSSR count). The lowest BCUT2D eigenvalue weighted by Gasteiger charge is -2.29. The molecule has 0 spiro atoms. The largest absolute Gasteiger partial charge is 0.378 e. The fourth-order valence-electron chi connectivity index (χ4n) is 3.96. The van der Waals surface area contributed by atoms with Crippen molar-refractivity contribution in [2.75, 3.05) is 41.8 Å². The number of hydrogen-bond donors (Lipinski definition) is 2. The fourth-order valence-corrected chi connectivity index (χ4v) is 5.37. The van der Waals surface area contributed by atoms with E-state index >= 15 is 0 Å². The average Bonchev–Trinajstić information content (AvgIpc) is 3.32. The summed E-state index contributed by atoms with van der Waals surface area (Å²) in [5.74, 6) is -0.315. The van der Waals surface area contributed by atoms with Crippen LogP contribution in [0.3, 0.4) is 0 Å². The van der Waals surface area contributed by atoms with E-state index in [1.54, 1.807) is 22.8 Å². The minimum absolute atomic E-state index is 0.302. The molecule has 0 saturated carbocycles. The summed E-state index contributed by atoms with van der Waals surface area (Å²) in [7, 11) is 0. The zero-order valence-electron chi connectivity index (χ0n) is 19.0. The van der Waals surface area contributed by atoms with Crippen LogP contribution in [-0.2, 0) is 9.53 Å². The van der Waals surface area contributed by atoms with Gasteiger partial charge in [0, 0.05) is 30.0 Å². The zero-order valence-corrected chi connectivity index (χ0v) is 22.2. The number of ether oxygens (including phenoxy) is 1. The Labute approximate surface area is 221 Å². The first kappa shape index (κ1) is 24.5. The van der Waals surface area contributed by atoms with E-state index in [4.69, 9.17) is 9.72 Å². The van der Waals surface area contributed by atoms with Crippen LogP contribution in [0.15, 0.2) is 61.3 Å². The van der Waals surface area contributed by atoms with Crippen molar-refractivity contribution in [1.29, 1.82) is 0 Å². The third-order valence-corrected chi connectivity index (χ3v) is 7.51. The summed E-state index contributed by atoms with van der Waals surface area (Å²) in [6.07, 6.45) is 3.28. The quantitative estimate of drug-likeness (QED) is 0.169. The number of carbonyl (C=O) groups excluding carboxylic acids is 1. The van der Waals surface area contributed by atoms with Gasteiger partial charge < -0.3 is 20.3 Å². The van der Waals surface area contributed by atoms with E-state index in [1.165, 1.54) is 12.1 Å². The SMILES string of the molecule is C=CC(=O)Nc1cccc(-c2nc(Nc3ccc(N4CCOCC4)c(F)c3)nc3c2cnn3PI)c1. The number of carbonyl (C=O) groups is 1. The van der Waals surface area contributed by atoms with Crippen molar-refractivity contribution in [1.82, 2.24) is 19.5 Å². The first-order valence-electron chi connectivity index (χ1n) is 11.1. The van der Waals surface area contributed by atoms with Gasteiger partial charge >= 0.3 is 0 Å². The van der Waals surface area contributed by atoms with Crippen molar-refractivity contribution in [2.45, 2.75) is 0 Å². The number of rotatable bonds is 7. The Balaban J connectivity index is 1.51. The maximum Gasteiger partial charge on any atom is 0.247 e. The van der Waals surface area contributed by atoms with Gasteiger partial charge in [-0.05, 0) is 58.4 Å². The van der Waals surface area contributed by atoms with E-state index < -0.39 is 0 Å². The molecule has 1 atom stereocenters. The molecule has 2 N–H and O–H groups in total. The maximum absolute atomic E-state index is 15.0. The Hall–Kier alpha value is -3.15. The Bertz CT molecular complexity index is 1440. The predicted octanol–water partition coefficient (Wildman–Crippen LogP) is 5.13. The molecule has 4 aromatic rings. The second kappa shape index (κ2) is 10.9. The number of amides is 1. The van der Waals surface area contributed by atoms with Crippen LogP contribution < -0.4 is 15.5 Å². The Kier molecular flexibility index (Phi) is 7.40. The van der Waals surface area contributed by atoms with Crippen molar-refractivity contribution in [3.8, 4) is 11.3 Å². The third kappa shape index (κ3) is 5.18. The topological polar surface area (TPSA) is 97.2 Å². The van der Waals surface area contributed by atoms with Gasteiger partial charge in [0.25, 0.3) is 0 Å². The first-order chi connectivity index (χ1) is 17.6. The first-order valence-corrected chi connectivity index (χ1v) is 15.2. The fraction of sp³-hybridized carbons (Fsp3) is 0.167. The average molecular weight is 617 g/mol. The number of benzene rings is 2. The molecule has 1 aliphatic heterocycles. The van der Waals surface area contributed by atoms with Gasteiger partial charge in [-0.2, -0.15) is 10.1 Å². The van der Waals surface area contributed by atoms with Crippen LogP contribution >= 0.6 is 28.4 Å². The van der Waals surface area contributed by atoms with Gasteiger partial charge in [-0.3, -0.25) is 4.79 Å². The standard InChI is InChI=1S/C24H22FIN7O2P/c1-2-21(34)28-16-5-3-4-15(12-16)22-18-14-27-33(36-26)23(18)31-24(30-22)29-17-6-7-20(19(25)13-17)32-8-10-35-11-9-32/h2-7,12-14,36H,1,8-11H2,(H,28,34)(H,29,30,31). The highest BCUT2D eigenvalue weighted by Crippen LogP contribution is 2.34. The van der Waals surface area contributed by atoms with Crippen molar-refractivity contribution in [2.24, 2.45) is 0 Å². The molecule has 12 heteroatoms. The summed E-state index contributed by atoms with van der Waals surface area (Å²) in [4.78, 5) is 23.1. The maximum atomic E-state index is 15.0. The van der Waals surface area contributed by atoms with Crippen LogP contribution in [0, 0.1) is 5.82 Å². The van der Waals surface area contributed by atoms with E-state index in [-0.39, 0.29) is 11.7 Å². The highest BCUT2D eigenvalue weighted by molar-refractivity contribution is 14.2. The molecule has 36 heavy (non-hydrogen) atoms. The molecule has 2 aromatic heterocycles. The summed E-state index contributed by atoms with van der Waals surface area (Å²) in [5.41, 5.74) is 3.76. The van der Waals surface area contributed by atoms with E-state index in [0.29, 0.717) is 67.0 Å². The molecule has 1 amide bonds. The molecule has 184 valence electrons. The molecule has 0 aliphatic carbocycles. The molecule has 9 nitrogen and oxygen atoms in total. The number of hydrogen-bond acceptors (Lipinski definition) is 7. The van der Waals surface area contributed by atoms with Crippen molar-refractivity contribution < 1.29 is 13.9 Å². The second-order valence-electron chi connectivity index (χ2n) is 7.94. The number of anilines is 4. The van der Waals surface area contributed by atoms with Crippen molar-refractivity contribution in [3.05, 3.63) is 67.1 Å². The van der Waals surface area contributed by atoms with E-state index in [9.17, 15) is 9.18 Å². The van der Waals surface area contributed by atoms with E-state index in [0.717, 1.165) is 10.9 Å². The van der Waals surface area contributed by atoms with Crippen LogP contribution in [0.1, 0.15) is 0 Å². The third-order valence-electron chi connectivity index (χ3n) is 5.65. The van der Waals surface area contributed by atoms with E-state index in [1.807, 2.05) is 29.2 Å². The normalized spacial score (nSPS) is 13.9. The molecular weight excluding hydrogens is 595 g/mol. The summed E-state index contributed by atoms with van der Waals surface area (Å²) in [5, 5.41) is 11.1. The summed E-state index contributed by atoms with van der Waals surface area (Å²) in [6.45, 7) is 5.97. The molecule has 1 saturated heterocycles. The Morgan fingerprint density at radius 3 is 2.75 bits per heavy atom. The molecule has 2 aromatic carbocycles. The van der Waals surface area contributed by atoms with Crippen LogP contribution in [0.4, 0.5) is 27.4 Å². The number of halogens is 2. The van der Waals surface area contributed by atoms with Gasteiger partial charge in [0.2, 0.25) is 11.9 Å². The Morgan fingerprint density at radius 2 is 2.00 bits per heavy atom. The monoisotopic (exact) mass is 617 g/mol. The molecule has 1 unspecified atom stereocenters. The molecule has 1 fully saturated rings. The van der Waals surface area contributed by atoms with Gasteiger partial charge in [0.1, 0.15) is 5.82 Å². The van der Waals surface area contributed by atoms with Gasteiger partial charge in [0.15, 0.2) is 5.65 Å². The summed E-state index contributed by atoms with van der Waals surface area (Å²) in [6, 6.07) is 12.4. The predicted molar refractivity (Wildman–Crippen MR) is 150 cm³/mol. The number of morpholine rings is 1. The zero-order chi connectivity index (χ0) is 25.1. The minimum atomic E-state index is -0.326. The minimum Gasteiger partial charge on any atom is -0.378 e. The lowest BCUT2D eigenvalue weighted by atomic mass is 10.1. The number of aromatic nitrogens is 4. The van der Waals surface area contributed by atoms with Gasteiger partial charge in [-0.1, -0.05) is 18.7 Å². The number of fused-ring (bicyclic) bond motifs is 1. The van der Waals surface area contributed by atoms with E-state index in [2.05, 4.69) is 49.3 Å². The van der Waals surface area contributed by atoms with Crippen LogP contribution in [0.2, 0.25) is 0 Å². The Morgan fingerprint density at radius 1 is 1.17 bits per heavy atom. The highest BCUT2D eigenvalue weighted by Gasteiger charge is 2.18. The lowest BCUT2D eigenvalue weighted by molar-refractivity contribution is -0.111. The van der Waals surface area contributed by atoms with Gasteiger partial charge in [-0.25, -0.2) is 13.8 Å². The van der Waals surface area contributed by atoms with Crippen molar-refractivity contribution in [3.63, 3.8) is 0 Å². The molecule has 0 bridgehead atoms. The van der Waals surface area contributed by atoms with Crippen LogP contribution in [0.25, 0.3) is 22.3 Å². The molecular formula is C24H22FIN7O2P. The smallest absolute Gasteiger partial charge is 0.247 e. The molecule has 0 radical (unpaired) electrons. The lowest BCUT2D eigenvalue weighted by Crippen LogP contribution is -2.36. The summed E-state index contributed by atoms with van der Waals surface area (Å²) < 4.78 is 22.1. The number of nitrogens with zero attached hydrogens (tertiary/aromatic N) is 5. The van der Waals surface area contributed by atoms with Gasteiger partial charge in [-0.15, -0.1) is 0 Å².